The molecule has 1 amide bonds. The molecule has 4 atom stereocenters. The number of nitrogens with zero attached hydrogens (tertiary/aromatic N) is 2. The number of carboxylic acid groups (broad SMARTS) is 1. The minimum Gasteiger partial charge on any atom is -0.481 e. The normalized spacial score (nSPS) is 32.9. The summed E-state index contributed by atoms with van der Waals surface area (Å²) in [5.74, 6) is -0.328. The second-order valence-electron chi connectivity index (χ2n) is 6.84. The average Bonchev–Trinajstić information content (AvgIpc) is 3.19. The fourth-order valence-corrected chi connectivity index (χ4v) is 4.52. The summed E-state index contributed by atoms with van der Waals surface area (Å²) < 4.78 is 0. The van der Waals surface area contributed by atoms with Gasteiger partial charge in [-0.15, -0.1) is 0 Å². The van der Waals surface area contributed by atoms with Crippen molar-refractivity contribution < 1.29 is 14.7 Å². The molecule has 0 aliphatic heterocycles. The minimum absolute atomic E-state index is 0.0734. The highest BCUT2D eigenvalue weighted by Crippen LogP contribution is 2.48. The maximum atomic E-state index is 12.5. The van der Waals surface area contributed by atoms with Gasteiger partial charge in [-0.05, 0) is 31.1 Å². The first-order valence-electron chi connectivity index (χ1n) is 7.93. The number of fused-ring (bicyclic) bond motifs is 3. The molecule has 1 aromatic rings. The summed E-state index contributed by atoms with van der Waals surface area (Å²) in [4.78, 5) is 32.2. The van der Waals surface area contributed by atoms with Gasteiger partial charge in [-0.2, -0.15) is 0 Å². The van der Waals surface area contributed by atoms with Crippen LogP contribution in [0.25, 0.3) is 0 Å². The van der Waals surface area contributed by atoms with Crippen molar-refractivity contribution in [3.05, 3.63) is 23.8 Å². The van der Waals surface area contributed by atoms with Crippen LogP contribution in [0, 0.1) is 23.7 Å². The van der Waals surface area contributed by atoms with Crippen molar-refractivity contribution in [2.45, 2.75) is 38.1 Å². The number of carboxylic acids is 1. The highest BCUT2D eigenvalue weighted by Gasteiger charge is 2.49. The molecule has 1 aromatic heterocycles. The topological polar surface area (TPSA) is 92.2 Å². The molecule has 0 aromatic carbocycles. The fraction of sp³-hybridized carbons (Fsp3) is 0.625. The largest absolute Gasteiger partial charge is 0.481 e. The first-order valence-corrected chi connectivity index (χ1v) is 7.93. The van der Waals surface area contributed by atoms with E-state index in [1.54, 1.807) is 12.4 Å². The summed E-state index contributed by atoms with van der Waals surface area (Å²) in [5, 5.41) is 12.3. The Hall–Kier alpha value is -1.98. The van der Waals surface area contributed by atoms with Crippen LogP contribution in [0.1, 0.15) is 30.7 Å². The Morgan fingerprint density at radius 1 is 1.05 bits per heavy atom. The molecule has 0 saturated heterocycles. The third-order valence-corrected chi connectivity index (χ3v) is 5.61. The van der Waals surface area contributed by atoms with E-state index < -0.39 is 5.97 Å². The molecule has 0 unspecified atom stereocenters. The molecule has 2 fully saturated rings. The van der Waals surface area contributed by atoms with E-state index in [0.29, 0.717) is 25.2 Å². The first kappa shape index (κ1) is 13.7. The number of carbonyl (C=O) groups excluding carboxylic acids is 1. The lowest BCUT2D eigenvalue weighted by Crippen LogP contribution is -2.43. The number of rotatable bonds is 3. The molecule has 116 valence electrons. The lowest BCUT2D eigenvalue weighted by Gasteiger charge is -2.27. The van der Waals surface area contributed by atoms with E-state index in [-0.39, 0.29) is 29.7 Å². The quantitative estimate of drug-likeness (QED) is 0.862. The van der Waals surface area contributed by atoms with E-state index in [0.717, 1.165) is 24.2 Å². The molecule has 4 rings (SSSR count). The highest BCUT2D eigenvalue weighted by molar-refractivity contribution is 5.80. The van der Waals surface area contributed by atoms with Crippen molar-refractivity contribution in [1.82, 2.24) is 15.3 Å². The zero-order chi connectivity index (χ0) is 15.3. The van der Waals surface area contributed by atoms with Gasteiger partial charge in [0, 0.05) is 37.2 Å². The van der Waals surface area contributed by atoms with E-state index >= 15 is 0 Å². The van der Waals surface area contributed by atoms with Crippen LogP contribution in [0.4, 0.5) is 0 Å². The second kappa shape index (κ2) is 5.04. The van der Waals surface area contributed by atoms with E-state index in [9.17, 15) is 14.7 Å². The van der Waals surface area contributed by atoms with Crippen molar-refractivity contribution in [1.29, 1.82) is 0 Å². The Balaban J connectivity index is 1.36. The molecule has 1 heterocycles. The number of aromatic nitrogens is 2. The summed E-state index contributed by atoms with van der Waals surface area (Å²) >= 11 is 0. The smallest absolute Gasteiger partial charge is 0.306 e. The fourth-order valence-electron chi connectivity index (χ4n) is 4.52. The van der Waals surface area contributed by atoms with Gasteiger partial charge < -0.3 is 10.4 Å². The average molecular weight is 301 g/mol. The summed E-state index contributed by atoms with van der Waals surface area (Å²) in [6, 6.07) is 0.151. The van der Waals surface area contributed by atoms with Crippen molar-refractivity contribution >= 4 is 11.9 Å². The van der Waals surface area contributed by atoms with Gasteiger partial charge in [-0.1, -0.05) is 0 Å². The molecule has 2 N–H and O–H groups in total. The predicted molar refractivity (Wildman–Crippen MR) is 76.8 cm³/mol. The van der Waals surface area contributed by atoms with E-state index in [1.807, 2.05) is 0 Å². The van der Waals surface area contributed by atoms with E-state index in [2.05, 4.69) is 15.3 Å². The van der Waals surface area contributed by atoms with Crippen LogP contribution < -0.4 is 5.32 Å². The lowest BCUT2D eigenvalue weighted by atomic mass is 9.86. The zero-order valence-electron chi connectivity index (χ0n) is 12.2. The highest BCUT2D eigenvalue weighted by atomic mass is 16.4. The number of nitrogens with one attached hydrogen (secondary N) is 1. The lowest BCUT2D eigenvalue weighted by molar-refractivity contribution is -0.143. The van der Waals surface area contributed by atoms with Gasteiger partial charge in [0.2, 0.25) is 5.91 Å². The third-order valence-electron chi connectivity index (χ3n) is 5.61. The molecule has 3 aliphatic rings. The predicted octanol–water partition coefficient (Wildman–Crippen LogP) is 0.807. The number of hydrogen-bond donors (Lipinski definition) is 2. The summed E-state index contributed by atoms with van der Waals surface area (Å²) in [6.45, 7) is 0. The van der Waals surface area contributed by atoms with Gasteiger partial charge in [0.05, 0.1) is 17.3 Å². The van der Waals surface area contributed by atoms with Crippen molar-refractivity contribution in [3.63, 3.8) is 0 Å². The van der Waals surface area contributed by atoms with Crippen LogP contribution in [-0.4, -0.2) is 33.0 Å². The Kier molecular flexibility index (Phi) is 3.13. The molecule has 3 aliphatic carbocycles. The first-order chi connectivity index (χ1) is 10.6. The second-order valence-corrected chi connectivity index (χ2v) is 6.84. The van der Waals surface area contributed by atoms with Crippen molar-refractivity contribution in [2.24, 2.45) is 23.7 Å². The minimum atomic E-state index is -0.680. The van der Waals surface area contributed by atoms with Gasteiger partial charge in [0.25, 0.3) is 0 Å². The molecule has 0 radical (unpaired) electrons. The standard InChI is InChI=1S/C16H19N3O3/c20-15(10-6-13-14(7-10)18-2-1-17-13)19-12-5-8-3-9(12)4-11(8)16(21)22/h1-2,8-12H,3-7H2,(H,19,20)(H,21,22)/t8-,9-,11-,12-/m1/s1. The Labute approximate surface area is 128 Å². The Bertz CT molecular complexity index is 608. The van der Waals surface area contributed by atoms with Crippen LogP contribution in [0.3, 0.4) is 0 Å². The monoisotopic (exact) mass is 301 g/mol. The third kappa shape index (κ3) is 2.17. The zero-order valence-corrected chi connectivity index (χ0v) is 12.2. The van der Waals surface area contributed by atoms with Crippen LogP contribution in [-0.2, 0) is 22.4 Å². The summed E-state index contributed by atoms with van der Waals surface area (Å²) in [5.41, 5.74) is 1.86. The molecular formula is C16H19N3O3. The van der Waals surface area contributed by atoms with Gasteiger partial charge in [-0.3, -0.25) is 19.6 Å². The number of amides is 1. The molecule has 0 spiro atoms. The Morgan fingerprint density at radius 3 is 2.27 bits per heavy atom. The maximum absolute atomic E-state index is 12.5. The molecule has 6 nitrogen and oxygen atoms in total. The van der Waals surface area contributed by atoms with Gasteiger partial charge in [0.15, 0.2) is 0 Å². The Morgan fingerprint density at radius 2 is 1.73 bits per heavy atom. The van der Waals surface area contributed by atoms with Crippen molar-refractivity contribution in [2.75, 3.05) is 0 Å². The SMILES string of the molecule is O=C(N[C@@H]1C[C@H]2C[C@@H]1C[C@H]2C(=O)O)C1Cc2nccnc2C1. The van der Waals surface area contributed by atoms with E-state index in [4.69, 9.17) is 0 Å². The van der Waals surface area contributed by atoms with Gasteiger partial charge >= 0.3 is 5.97 Å². The summed E-state index contributed by atoms with van der Waals surface area (Å²) in [7, 11) is 0. The van der Waals surface area contributed by atoms with Crippen LogP contribution >= 0.6 is 0 Å². The maximum Gasteiger partial charge on any atom is 0.306 e. The summed E-state index contributed by atoms with van der Waals surface area (Å²) in [6.07, 6.45) is 7.11. The van der Waals surface area contributed by atoms with Gasteiger partial charge in [0.1, 0.15) is 0 Å². The van der Waals surface area contributed by atoms with Gasteiger partial charge in [-0.25, -0.2) is 0 Å². The van der Waals surface area contributed by atoms with Crippen molar-refractivity contribution in [3.8, 4) is 0 Å². The molecule has 2 bridgehead atoms. The number of hydrogen-bond acceptors (Lipinski definition) is 4. The molecule has 2 saturated carbocycles. The van der Waals surface area contributed by atoms with Crippen LogP contribution in [0.5, 0.6) is 0 Å². The van der Waals surface area contributed by atoms with Crippen LogP contribution in [0.2, 0.25) is 0 Å². The molecule has 22 heavy (non-hydrogen) atoms. The van der Waals surface area contributed by atoms with Crippen LogP contribution in [0.15, 0.2) is 12.4 Å². The molecular weight excluding hydrogens is 282 g/mol. The number of carbonyl (C=O) groups is 2. The molecule has 6 heteroatoms. The van der Waals surface area contributed by atoms with E-state index in [1.165, 1.54) is 0 Å². The number of aliphatic carboxylic acids is 1.